The van der Waals surface area contributed by atoms with Crippen LogP contribution in [-0.2, 0) is 4.79 Å². The standard InChI is InChI=1S/C12H20BrN5O/c1-4-8(2)17-10(19)5-6-15-11-9(13)7-16-12(14-3)18-11/h7-8H,4-6H2,1-3H3,(H,17,19)(H2,14,15,16,18). The van der Waals surface area contributed by atoms with Crippen molar-refractivity contribution in [3.05, 3.63) is 10.7 Å². The van der Waals surface area contributed by atoms with Gasteiger partial charge in [0.1, 0.15) is 5.82 Å². The maximum Gasteiger partial charge on any atom is 0.224 e. The second kappa shape index (κ2) is 7.93. The van der Waals surface area contributed by atoms with Crippen LogP contribution in [0, 0.1) is 0 Å². The lowest BCUT2D eigenvalue weighted by molar-refractivity contribution is -0.121. The van der Waals surface area contributed by atoms with Crippen LogP contribution in [0.4, 0.5) is 11.8 Å². The number of carbonyl (C=O) groups excluding carboxylic acids is 1. The van der Waals surface area contributed by atoms with Gasteiger partial charge in [0, 0.05) is 32.3 Å². The summed E-state index contributed by atoms with van der Waals surface area (Å²) in [6, 6.07) is 0.217. The van der Waals surface area contributed by atoms with E-state index in [9.17, 15) is 4.79 Å². The monoisotopic (exact) mass is 329 g/mol. The number of hydrogen-bond donors (Lipinski definition) is 3. The van der Waals surface area contributed by atoms with Gasteiger partial charge in [-0.3, -0.25) is 4.79 Å². The van der Waals surface area contributed by atoms with Crippen molar-refractivity contribution in [2.45, 2.75) is 32.7 Å². The van der Waals surface area contributed by atoms with Crippen LogP contribution in [0.5, 0.6) is 0 Å². The molecule has 0 saturated heterocycles. The molecule has 7 heteroatoms. The summed E-state index contributed by atoms with van der Waals surface area (Å²) in [6.07, 6.45) is 3.01. The molecule has 0 saturated carbocycles. The maximum absolute atomic E-state index is 11.6. The minimum Gasteiger partial charge on any atom is -0.368 e. The van der Waals surface area contributed by atoms with Gasteiger partial charge >= 0.3 is 0 Å². The molecule has 1 atom stereocenters. The highest BCUT2D eigenvalue weighted by atomic mass is 79.9. The Hall–Kier alpha value is -1.37. The normalized spacial score (nSPS) is 11.8. The molecular formula is C12H20BrN5O. The van der Waals surface area contributed by atoms with Gasteiger partial charge in [-0.05, 0) is 29.3 Å². The molecule has 0 spiro atoms. The Balaban J connectivity index is 2.42. The summed E-state index contributed by atoms with van der Waals surface area (Å²) < 4.78 is 0.772. The quantitative estimate of drug-likeness (QED) is 0.713. The largest absolute Gasteiger partial charge is 0.368 e. The number of nitrogens with one attached hydrogen (secondary N) is 3. The van der Waals surface area contributed by atoms with Gasteiger partial charge in [-0.2, -0.15) is 4.98 Å². The van der Waals surface area contributed by atoms with Crippen molar-refractivity contribution in [1.82, 2.24) is 15.3 Å². The minimum absolute atomic E-state index is 0.0425. The summed E-state index contributed by atoms with van der Waals surface area (Å²) in [6.45, 7) is 4.56. The third kappa shape index (κ3) is 5.42. The zero-order valence-corrected chi connectivity index (χ0v) is 13.0. The lowest BCUT2D eigenvalue weighted by atomic mass is 10.2. The van der Waals surface area contributed by atoms with E-state index in [-0.39, 0.29) is 11.9 Å². The third-order valence-corrected chi connectivity index (χ3v) is 3.21. The van der Waals surface area contributed by atoms with Crippen molar-refractivity contribution < 1.29 is 4.79 Å². The highest BCUT2D eigenvalue weighted by molar-refractivity contribution is 9.10. The van der Waals surface area contributed by atoms with Crippen LogP contribution in [0.3, 0.4) is 0 Å². The Morgan fingerprint density at radius 1 is 1.53 bits per heavy atom. The van der Waals surface area contributed by atoms with Gasteiger partial charge in [0.15, 0.2) is 0 Å². The van der Waals surface area contributed by atoms with Gasteiger partial charge in [0.2, 0.25) is 11.9 Å². The van der Waals surface area contributed by atoms with Gasteiger partial charge in [-0.25, -0.2) is 4.98 Å². The van der Waals surface area contributed by atoms with Crippen LogP contribution >= 0.6 is 15.9 Å². The zero-order chi connectivity index (χ0) is 14.3. The van der Waals surface area contributed by atoms with E-state index in [1.54, 1.807) is 13.2 Å². The molecule has 1 amide bonds. The van der Waals surface area contributed by atoms with Crippen molar-refractivity contribution in [2.75, 3.05) is 24.2 Å². The van der Waals surface area contributed by atoms with E-state index in [0.29, 0.717) is 24.7 Å². The van der Waals surface area contributed by atoms with Gasteiger partial charge in [0.05, 0.1) is 4.47 Å². The molecule has 1 aromatic heterocycles. The smallest absolute Gasteiger partial charge is 0.224 e. The number of amides is 1. The molecule has 19 heavy (non-hydrogen) atoms. The lowest BCUT2D eigenvalue weighted by Crippen LogP contribution is -2.33. The van der Waals surface area contributed by atoms with Crippen LogP contribution in [0.15, 0.2) is 10.7 Å². The molecule has 106 valence electrons. The fourth-order valence-electron chi connectivity index (χ4n) is 1.36. The van der Waals surface area contributed by atoms with Crippen molar-refractivity contribution in [3.63, 3.8) is 0 Å². The van der Waals surface area contributed by atoms with Crippen LogP contribution in [0.1, 0.15) is 26.7 Å². The highest BCUT2D eigenvalue weighted by Gasteiger charge is 2.07. The predicted octanol–water partition coefficient (Wildman–Crippen LogP) is 2.00. The average Bonchev–Trinajstić information content (AvgIpc) is 2.40. The Bertz CT molecular complexity index is 427. The number of rotatable bonds is 7. The summed E-state index contributed by atoms with van der Waals surface area (Å²) >= 11 is 3.36. The molecule has 3 N–H and O–H groups in total. The minimum atomic E-state index is 0.0425. The number of carbonyl (C=O) groups is 1. The van der Waals surface area contributed by atoms with Gasteiger partial charge < -0.3 is 16.0 Å². The molecule has 0 aromatic carbocycles. The second-order valence-corrected chi connectivity index (χ2v) is 5.05. The van der Waals surface area contributed by atoms with E-state index < -0.39 is 0 Å². The summed E-state index contributed by atoms with van der Waals surface area (Å²) in [4.78, 5) is 19.9. The molecule has 1 heterocycles. The van der Waals surface area contributed by atoms with Crippen LogP contribution in [0.25, 0.3) is 0 Å². The Morgan fingerprint density at radius 2 is 2.26 bits per heavy atom. The third-order valence-electron chi connectivity index (χ3n) is 2.63. The van der Waals surface area contributed by atoms with Crippen LogP contribution in [0.2, 0.25) is 0 Å². The number of nitrogens with zero attached hydrogens (tertiary/aromatic N) is 2. The molecule has 6 nitrogen and oxygen atoms in total. The Labute approximate surface area is 121 Å². The summed E-state index contributed by atoms with van der Waals surface area (Å²) in [5.41, 5.74) is 0. The predicted molar refractivity (Wildman–Crippen MR) is 80.3 cm³/mol. The Morgan fingerprint density at radius 3 is 2.89 bits per heavy atom. The second-order valence-electron chi connectivity index (χ2n) is 4.19. The summed E-state index contributed by atoms with van der Waals surface area (Å²) in [7, 11) is 1.76. The molecule has 0 aliphatic carbocycles. The van der Waals surface area contributed by atoms with Gasteiger partial charge in [-0.1, -0.05) is 6.92 Å². The van der Waals surface area contributed by atoms with E-state index in [0.717, 1.165) is 10.9 Å². The van der Waals surface area contributed by atoms with E-state index in [2.05, 4.69) is 41.8 Å². The van der Waals surface area contributed by atoms with Crippen molar-refractivity contribution in [3.8, 4) is 0 Å². The summed E-state index contributed by atoms with van der Waals surface area (Å²) in [5.74, 6) is 1.26. The van der Waals surface area contributed by atoms with Crippen molar-refractivity contribution >= 4 is 33.6 Å². The first-order valence-electron chi connectivity index (χ1n) is 6.30. The maximum atomic E-state index is 11.6. The molecule has 1 rings (SSSR count). The topological polar surface area (TPSA) is 78.9 Å². The van der Waals surface area contributed by atoms with Crippen LogP contribution < -0.4 is 16.0 Å². The number of aromatic nitrogens is 2. The van der Waals surface area contributed by atoms with Crippen molar-refractivity contribution in [2.24, 2.45) is 0 Å². The molecule has 0 radical (unpaired) electrons. The van der Waals surface area contributed by atoms with Crippen LogP contribution in [-0.4, -0.2) is 35.5 Å². The fourth-order valence-corrected chi connectivity index (χ4v) is 1.69. The molecule has 0 aliphatic heterocycles. The van der Waals surface area contributed by atoms with Gasteiger partial charge in [0.25, 0.3) is 0 Å². The molecule has 0 aliphatic rings. The molecule has 0 fully saturated rings. The van der Waals surface area contributed by atoms with E-state index in [4.69, 9.17) is 0 Å². The SMILES string of the molecule is CCC(C)NC(=O)CCNc1nc(NC)ncc1Br. The highest BCUT2D eigenvalue weighted by Crippen LogP contribution is 2.19. The average molecular weight is 330 g/mol. The van der Waals surface area contributed by atoms with E-state index >= 15 is 0 Å². The van der Waals surface area contributed by atoms with Gasteiger partial charge in [-0.15, -0.1) is 0 Å². The first-order valence-corrected chi connectivity index (χ1v) is 7.09. The first kappa shape index (κ1) is 15.7. The molecule has 1 aromatic rings. The zero-order valence-electron chi connectivity index (χ0n) is 11.5. The number of halogens is 1. The molecule has 0 bridgehead atoms. The lowest BCUT2D eigenvalue weighted by Gasteiger charge is -2.12. The Kier molecular flexibility index (Phi) is 6.55. The first-order chi connectivity index (χ1) is 9.06. The fraction of sp³-hybridized carbons (Fsp3) is 0.583. The summed E-state index contributed by atoms with van der Waals surface area (Å²) in [5, 5.41) is 8.89. The number of anilines is 2. The molecular weight excluding hydrogens is 310 g/mol. The molecule has 1 unspecified atom stereocenters. The number of hydrogen-bond acceptors (Lipinski definition) is 5. The van der Waals surface area contributed by atoms with Crippen molar-refractivity contribution in [1.29, 1.82) is 0 Å². The van der Waals surface area contributed by atoms with E-state index in [1.165, 1.54) is 0 Å². The van der Waals surface area contributed by atoms with E-state index in [1.807, 2.05) is 13.8 Å².